The van der Waals surface area contributed by atoms with Gasteiger partial charge in [-0.05, 0) is 64.9 Å². The second-order valence-corrected chi connectivity index (χ2v) is 6.94. The van der Waals surface area contributed by atoms with Crippen LogP contribution in [0.3, 0.4) is 0 Å². The maximum atomic E-state index is 12.3. The number of halogens is 1. The van der Waals surface area contributed by atoms with Crippen molar-refractivity contribution in [1.29, 1.82) is 0 Å². The fourth-order valence-electron chi connectivity index (χ4n) is 2.27. The van der Waals surface area contributed by atoms with E-state index in [-0.39, 0.29) is 17.2 Å². The van der Waals surface area contributed by atoms with Crippen molar-refractivity contribution in [3.8, 4) is 11.6 Å². The number of nitrogens with zero attached hydrogens (tertiary/aromatic N) is 1. The molecule has 1 aliphatic rings. The number of benzene rings is 1. The highest BCUT2D eigenvalue weighted by atomic mass is 79.9. The van der Waals surface area contributed by atoms with Gasteiger partial charge in [-0.2, -0.15) is 0 Å². The van der Waals surface area contributed by atoms with Crippen molar-refractivity contribution in [1.82, 2.24) is 10.3 Å². The van der Waals surface area contributed by atoms with Gasteiger partial charge in [-0.15, -0.1) is 0 Å². The quantitative estimate of drug-likeness (QED) is 0.790. The van der Waals surface area contributed by atoms with E-state index in [1.165, 1.54) is 12.8 Å². The molecule has 2 N–H and O–H groups in total. The van der Waals surface area contributed by atoms with E-state index in [2.05, 4.69) is 26.2 Å². The zero-order chi connectivity index (χ0) is 17.1. The SMILES string of the molecule is Cc1cc(Br)c(O)c(C(=O)NCc2ccc(OCC3CC3)nc2)c1. The molecule has 1 heterocycles. The summed E-state index contributed by atoms with van der Waals surface area (Å²) in [6.45, 7) is 2.93. The van der Waals surface area contributed by atoms with Crippen LogP contribution in [-0.2, 0) is 6.54 Å². The molecule has 0 saturated heterocycles. The molecule has 1 amide bonds. The van der Waals surface area contributed by atoms with Gasteiger partial charge in [0.15, 0.2) is 0 Å². The number of amides is 1. The number of ether oxygens (including phenoxy) is 1. The predicted molar refractivity (Wildman–Crippen MR) is 94.2 cm³/mol. The van der Waals surface area contributed by atoms with Gasteiger partial charge in [0.25, 0.3) is 5.91 Å². The lowest BCUT2D eigenvalue weighted by atomic mass is 10.1. The van der Waals surface area contributed by atoms with E-state index in [4.69, 9.17) is 4.74 Å². The molecule has 6 heteroatoms. The van der Waals surface area contributed by atoms with Gasteiger partial charge >= 0.3 is 0 Å². The number of phenolic OH excluding ortho intramolecular Hbond substituents is 1. The van der Waals surface area contributed by atoms with Gasteiger partial charge in [0.2, 0.25) is 5.88 Å². The summed E-state index contributed by atoms with van der Waals surface area (Å²) < 4.78 is 6.09. The van der Waals surface area contributed by atoms with Crippen LogP contribution in [0.25, 0.3) is 0 Å². The molecule has 1 saturated carbocycles. The van der Waals surface area contributed by atoms with Crippen LogP contribution >= 0.6 is 15.9 Å². The van der Waals surface area contributed by atoms with E-state index < -0.39 is 0 Å². The number of hydrogen-bond acceptors (Lipinski definition) is 4. The Labute approximate surface area is 149 Å². The van der Waals surface area contributed by atoms with Gasteiger partial charge < -0.3 is 15.2 Å². The molecule has 5 nitrogen and oxygen atoms in total. The highest BCUT2D eigenvalue weighted by Crippen LogP contribution is 2.30. The highest BCUT2D eigenvalue weighted by Gasteiger charge is 2.22. The van der Waals surface area contributed by atoms with Crippen LogP contribution in [-0.4, -0.2) is 22.6 Å². The lowest BCUT2D eigenvalue weighted by Gasteiger charge is -2.10. The van der Waals surface area contributed by atoms with E-state index in [1.54, 1.807) is 18.3 Å². The van der Waals surface area contributed by atoms with Gasteiger partial charge in [0, 0.05) is 18.8 Å². The highest BCUT2D eigenvalue weighted by molar-refractivity contribution is 9.10. The number of aryl methyl sites for hydroxylation is 1. The van der Waals surface area contributed by atoms with Crippen LogP contribution in [0.4, 0.5) is 0 Å². The molecule has 126 valence electrons. The first kappa shape index (κ1) is 16.8. The number of hydrogen-bond donors (Lipinski definition) is 2. The minimum atomic E-state index is -0.328. The van der Waals surface area contributed by atoms with Gasteiger partial charge in [0.1, 0.15) is 5.75 Å². The molecule has 0 bridgehead atoms. The van der Waals surface area contributed by atoms with E-state index >= 15 is 0 Å². The second-order valence-electron chi connectivity index (χ2n) is 6.08. The largest absolute Gasteiger partial charge is 0.506 e. The lowest BCUT2D eigenvalue weighted by molar-refractivity contribution is 0.0948. The zero-order valence-electron chi connectivity index (χ0n) is 13.4. The van der Waals surface area contributed by atoms with Crippen molar-refractivity contribution in [2.75, 3.05) is 6.61 Å². The summed E-state index contributed by atoms with van der Waals surface area (Å²) in [4.78, 5) is 16.5. The molecule has 3 rings (SSSR count). The summed E-state index contributed by atoms with van der Waals surface area (Å²) in [6, 6.07) is 7.10. The summed E-state index contributed by atoms with van der Waals surface area (Å²) in [7, 11) is 0. The second kappa shape index (κ2) is 7.21. The van der Waals surface area contributed by atoms with Crippen molar-refractivity contribution >= 4 is 21.8 Å². The average Bonchev–Trinajstić information content (AvgIpc) is 3.39. The normalized spacial score (nSPS) is 13.6. The van der Waals surface area contributed by atoms with E-state index in [9.17, 15) is 9.90 Å². The number of rotatable bonds is 6. The molecule has 24 heavy (non-hydrogen) atoms. The van der Waals surface area contributed by atoms with Crippen molar-refractivity contribution in [3.63, 3.8) is 0 Å². The molecule has 1 aliphatic carbocycles. The van der Waals surface area contributed by atoms with Crippen LogP contribution in [0.5, 0.6) is 11.6 Å². The predicted octanol–water partition coefficient (Wildman–Crippen LogP) is 3.58. The molecule has 1 aromatic heterocycles. The Kier molecular flexibility index (Phi) is 5.04. The average molecular weight is 391 g/mol. The maximum Gasteiger partial charge on any atom is 0.255 e. The fourth-order valence-corrected chi connectivity index (χ4v) is 2.85. The number of carbonyl (C=O) groups excluding carboxylic acids is 1. The number of nitrogens with one attached hydrogen (secondary N) is 1. The smallest absolute Gasteiger partial charge is 0.255 e. The van der Waals surface area contributed by atoms with Gasteiger partial charge in [-0.3, -0.25) is 4.79 Å². The molecular formula is C18H19BrN2O3. The van der Waals surface area contributed by atoms with Gasteiger partial charge in [-0.25, -0.2) is 4.98 Å². The third-order valence-corrected chi connectivity index (χ3v) is 4.47. The third-order valence-electron chi connectivity index (χ3n) is 3.87. The molecule has 0 spiro atoms. The summed E-state index contributed by atoms with van der Waals surface area (Å²) in [5, 5.41) is 12.8. The molecule has 0 radical (unpaired) electrons. The number of aromatic hydroxyl groups is 1. The van der Waals surface area contributed by atoms with Crippen molar-refractivity contribution in [3.05, 3.63) is 51.6 Å². The monoisotopic (exact) mass is 390 g/mol. The molecule has 0 aliphatic heterocycles. The Balaban J connectivity index is 1.57. The molecule has 0 unspecified atom stereocenters. The first-order chi connectivity index (χ1) is 11.5. The zero-order valence-corrected chi connectivity index (χ0v) is 15.0. The van der Waals surface area contributed by atoms with E-state index in [1.807, 2.05) is 19.1 Å². The molecule has 2 aromatic rings. The first-order valence-electron chi connectivity index (χ1n) is 7.88. The number of pyridine rings is 1. The van der Waals surface area contributed by atoms with Crippen LogP contribution < -0.4 is 10.1 Å². The summed E-state index contributed by atoms with van der Waals surface area (Å²) in [6.07, 6.45) is 4.17. The first-order valence-corrected chi connectivity index (χ1v) is 8.67. The maximum absolute atomic E-state index is 12.3. The Hall–Kier alpha value is -2.08. The van der Waals surface area contributed by atoms with Crippen molar-refractivity contribution in [2.45, 2.75) is 26.3 Å². The van der Waals surface area contributed by atoms with Gasteiger partial charge in [0.05, 0.1) is 16.6 Å². The minimum absolute atomic E-state index is 0.0555. The fraction of sp³-hybridized carbons (Fsp3) is 0.333. The molecular weight excluding hydrogens is 372 g/mol. The van der Waals surface area contributed by atoms with E-state index in [0.29, 0.717) is 22.8 Å². The molecule has 1 fully saturated rings. The Bertz CT molecular complexity index is 743. The number of phenols is 1. The van der Waals surface area contributed by atoms with Gasteiger partial charge in [-0.1, -0.05) is 6.07 Å². The topological polar surface area (TPSA) is 71.5 Å². The summed E-state index contributed by atoms with van der Waals surface area (Å²) >= 11 is 3.24. The van der Waals surface area contributed by atoms with E-state index in [0.717, 1.165) is 17.7 Å². The van der Waals surface area contributed by atoms with Crippen molar-refractivity contribution < 1.29 is 14.6 Å². The third kappa shape index (κ3) is 4.26. The molecule has 1 aromatic carbocycles. The van der Waals surface area contributed by atoms with Crippen LogP contribution in [0.15, 0.2) is 34.9 Å². The van der Waals surface area contributed by atoms with Crippen LogP contribution in [0.2, 0.25) is 0 Å². The Morgan fingerprint density at radius 1 is 1.42 bits per heavy atom. The van der Waals surface area contributed by atoms with Crippen LogP contribution in [0, 0.1) is 12.8 Å². The summed E-state index contributed by atoms with van der Waals surface area (Å²) in [5.41, 5.74) is 2.01. The lowest BCUT2D eigenvalue weighted by Crippen LogP contribution is -2.23. The van der Waals surface area contributed by atoms with Crippen molar-refractivity contribution in [2.24, 2.45) is 5.92 Å². The minimum Gasteiger partial charge on any atom is -0.506 e. The Morgan fingerprint density at radius 3 is 2.88 bits per heavy atom. The summed E-state index contributed by atoms with van der Waals surface area (Å²) in [5.74, 6) is 0.912. The molecule has 0 atom stereocenters. The number of carbonyl (C=O) groups is 1. The number of aromatic nitrogens is 1. The Morgan fingerprint density at radius 2 is 2.21 bits per heavy atom. The van der Waals surface area contributed by atoms with Crippen LogP contribution in [0.1, 0.15) is 34.3 Å². The standard InChI is InChI=1S/C18H19BrN2O3/c1-11-6-14(17(22)15(19)7-11)18(23)21-9-13-4-5-16(20-8-13)24-10-12-2-3-12/h4-8,12,22H,2-3,9-10H2,1H3,(H,21,23).